The van der Waals surface area contributed by atoms with Crippen molar-refractivity contribution < 1.29 is 9.53 Å². The molecule has 1 fully saturated rings. The monoisotopic (exact) mass is 493 g/mol. The Morgan fingerprint density at radius 1 is 1.28 bits per heavy atom. The van der Waals surface area contributed by atoms with Gasteiger partial charge in [0.05, 0.1) is 6.10 Å². The van der Waals surface area contributed by atoms with Crippen molar-refractivity contribution in [3.63, 3.8) is 0 Å². The lowest BCUT2D eigenvalue weighted by atomic mass is 9.70. The summed E-state index contributed by atoms with van der Waals surface area (Å²) >= 11 is 3.58. The first-order chi connectivity index (χ1) is 15.6. The number of aromatic nitrogens is 2. The third-order valence-corrected chi connectivity index (χ3v) is 7.48. The number of halogens is 1. The Hall–Kier alpha value is -2.44. The Morgan fingerprint density at radius 3 is 2.84 bits per heavy atom. The zero-order chi connectivity index (χ0) is 22.1. The summed E-state index contributed by atoms with van der Waals surface area (Å²) in [6.45, 7) is 3.56. The number of nitrogens with one attached hydrogen (secondary N) is 1. The first kappa shape index (κ1) is 21.4. The molecule has 3 unspecified atom stereocenters. The van der Waals surface area contributed by atoms with Crippen molar-refractivity contribution in [2.75, 3.05) is 13.2 Å². The molecule has 0 aliphatic carbocycles. The summed E-state index contributed by atoms with van der Waals surface area (Å²) in [6, 6.07) is 17.0. The number of hydrogen-bond donors (Lipinski definition) is 1. The van der Waals surface area contributed by atoms with Crippen LogP contribution in [0.3, 0.4) is 0 Å². The molecule has 1 aromatic heterocycles. The number of imidazole rings is 1. The van der Waals surface area contributed by atoms with Crippen molar-refractivity contribution in [1.82, 2.24) is 14.9 Å². The Kier molecular flexibility index (Phi) is 5.91. The fourth-order valence-electron chi connectivity index (χ4n) is 5.49. The maximum Gasteiger partial charge on any atom is 0.220 e. The topological polar surface area (TPSA) is 56.1 Å². The first-order valence-electron chi connectivity index (χ1n) is 11.4. The summed E-state index contributed by atoms with van der Waals surface area (Å²) in [5.41, 5.74) is 3.03. The van der Waals surface area contributed by atoms with Crippen LogP contribution in [0.4, 0.5) is 0 Å². The number of amides is 1. The summed E-state index contributed by atoms with van der Waals surface area (Å²) in [6.07, 6.45) is 7.46. The van der Waals surface area contributed by atoms with Crippen molar-refractivity contribution in [2.24, 2.45) is 5.92 Å². The van der Waals surface area contributed by atoms with Gasteiger partial charge < -0.3 is 14.6 Å². The molecule has 3 heterocycles. The minimum absolute atomic E-state index is 0.0600. The van der Waals surface area contributed by atoms with E-state index in [-0.39, 0.29) is 17.9 Å². The summed E-state index contributed by atoms with van der Waals surface area (Å²) < 4.78 is 9.00. The van der Waals surface area contributed by atoms with Gasteiger partial charge in [-0.1, -0.05) is 59.3 Å². The Labute approximate surface area is 197 Å². The number of rotatable bonds is 7. The maximum absolute atomic E-state index is 13.1. The highest BCUT2D eigenvalue weighted by molar-refractivity contribution is 9.10. The van der Waals surface area contributed by atoms with Crippen LogP contribution < -0.4 is 5.32 Å². The Bertz CT molecular complexity index is 1100. The van der Waals surface area contributed by atoms with Gasteiger partial charge in [-0.15, -0.1) is 0 Å². The molecule has 0 radical (unpaired) electrons. The van der Waals surface area contributed by atoms with Crippen LogP contribution in [-0.4, -0.2) is 34.7 Å². The molecule has 0 saturated carbocycles. The SMILES string of the molecule is CCC(CC(=O)NCC1CCCO1)C1(c2ccc(Br)cc2)c2ccccc2-c2nccn21. The van der Waals surface area contributed by atoms with Crippen LogP contribution in [0.25, 0.3) is 11.4 Å². The second-order valence-corrected chi connectivity index (χ2v) is 9.60. The van der Waals surface area contributed by atoms with Crippen molar-refractivity contribution >= 4 is 21.8 Å². The van der Waals surface area contributed by atoms with E-state index in [2.05, 4.69) is 87.5 Å². The maximum atomic E-state index is 13.1. The van der Waals surface area contributed by atoms with E-state index < -0.39 is 5.54 Å². The predicted octanol–water partition coefficient (Wildman–Crippen LogP) is 5.13. The molecule has 1 N–H and O–H groups in total. The lowest BCUT2D eigenvalue weighted by molar-refractivity contribution is -0.123. The second-order valence-electron chi connectivity index (χ2n) is 8.69. The Balaban J connectivity index is 1.56. The number of hydrogen-bond acceptors (Lipinski definition) is 3. The highest BCUT2D eigenvalue weighted by atomic mass is 79.9. The molecule has 32 heavy (non-hydrogen) atoms. The third kappa shape index (κ3) is 3.50. The fourth-order valence-corrected chi connectivity index (χ4v) is 5.76. The number of carbonyl (C=O) groups is 1. The van der Waals surface area contributed by atoms with Gasteiger partial charge in [0, 0.05) is 42.0 Å². The van der Waals surface area contributed by atoms with Gasteiger partial charge in [-0.3, -0.25) is 4.79 Å². The van der Waals surface area contributed by atoms with E-state index in [0.29, 0.717) is 13.0 Å². The molecule has 3 atom stereocenters. The standard InChI is InChI=1S/C26H28BrN3O2/c1-2-18(16-24(31)29-17-21-6-5-15-32-21)26(19-9-11-20(27)12-10-19)23-8-4-3-7-22(23)25-28-13-14-30(25)26/h3-4,7-14,18,21H,2,5-6,15-17H2,1H3,(H,29,31). The highest BCUT2D eigenvalue weighted by Crippen LogP contribution is 2.52. The molecule has 5 rings (SSSR count). The van der Waals surface area contributed by atoms with Crippen molar-refractivity contribution in [3.05, 3.63) is 76.5 Å². The minimum atomic E-state index is -0.487. The molecular formula is C26H28BrN3O2. The Morgan fingerprint density at radius 2 is 2.09 bits per heavy atom. The molecule has 0 bridgehead atoms. The molecule has 2 aliphatic rings. The largest absolute Gasteiger partial charge is 0.376 e. The van der Waals surface area contributed by atoms with E-state index in [9.17, 15) is 4.79 Å². The van der Waals surface area contributed by atoms with Crippen molar-refractivity contribution in [2.45, 2.75) is 44.2 Å². The summed E-state index contributed by atoms with van der Waals surface area (Å²) in [4.78, 5) is 17.8. The molecule has 3 aromatic rings. The van der Waals surface area contributed by atoms with Gasteiger partial charge in [-0.25, -0.2) is 4.98 Å². The van der Waals surface area contributed by atoms with Crippen molar-refractivity contribution in [1.29, 1.82) is 0 Å². The predicted molar refractivity (Wildman–Crippen MR) is 128 cm³/mol. The van der Waals surface area contributed by atoms with Crippen LogP contribution in [0.5, 0.6) is 0 Å². The molecular weight excluding hydrogens is 466 g/mol. The fraction of sp³-hybridized carbons (Fsp3) is 0.385. The molecule has 1 amide bonds. The summed E-state index contributed by atoms with van der Waals surface area (Å²) in [7, 11) is 0. The van der Waals surface area contributed by atoms with Gasteiger partial charge in [-0.05, 0) is 48.4 Å². The normalized spacial score (nSPS) is 22.4. The van der Waals surface area contributed by atoms with Crippen LogP contribution in [0.15, 0.2) is 65.4 Å². The molecule has 166 valence electrons. The molecule has 1 saturated heterocycles. The molecule has 0 spiro atoms. The van der Waals surface area contributed by atoms with Crippen LogP contribution in [0, 0.1) is 5.92 Å². The van der Waals surface area contributed by atoms with Gasteiger partial charge in [-0.2, -0.15) is 0 Å². The van der Waals surface area contributed by atoms with E-state index in [0.717, 1.165) is 41.7 Å². The first-order valence-corrected chi connectivity index (χ1v) is 12.2. The average molecular weight is 494 g/mol. The number of nitrogens with zero attached hydrogens (tertiary/aromatic N) is 2. The smallest absolute Gasteiger partial charge is 0.220 e. The summed E-state index contributed by atoms with van der Waals surface area (Å²) in [5.74, 6) is 1.10. The van der Waals surface area contributed by atoms with Crippen LogP contribution >= 0.6 is 15.9 Å². The van der Waals surface area contributed by atoms with Gasteiger partial charge in [0.1, 0.15) is 11.4 Å². The average Bonchev–Trinajstić information content (AvgIpc) is 3.55. The summed E-state index contributed by atoms with van der Waals surface area (Å²) in [5, 5.41) is 3.14. The third-order valence-electron chi connectivity index (χ3n) is 6.95. The van der Waals surface area contributed by atoms with Gasteiger partial charge >= 0.3 is 0 Å². The quantitative estimate of drug-likeness (QED) is 0.496. The number of fused-ring (bicyclic) bond motifs is 3. The van der Waals surface area contributed by atoms with E-state index in [1.54, 1.807) is 0 Å². The zero-order valence-electron chi connectivity index (χ0n) is 18.3. The van der Waals surface area contributed by atoms with E-state index in [1.165, 1.54) is 11.1 Å². The van der Waals surface area contributed by atoms with E-state index >= 15 is 0 Å². The molecule has 2 aliphatic heterocycles. The van der Waals surface area contributed by atoms with Crippen LogP contribution in [-0.2, 0) is 15.1 Å². The van der Waals surface area contributed by atoms with Gasteiger partial charge in [0.25, 0.3) is 0 Å². The van der Waals surface area contributed by atoms with E-state index in [4.69, 9.17) is 9.72 Å². The lowest BCUT2D eigenvalue weighted by Crippen LogP contribution is -2.44. The van der Waals surface area contributed by atoms with Gasteiger partial charge in [0.15, 0.2) is 0 Å². The highest BCUT2D eigenvalue weighted by Gasteiger charge is 2.50. The minimum Gasteiger partial charge on any atom is -0.376 e. The van der Waals surface area contributed by atoms with Crippen LogP contribution in [0.2, 0.25) is 0 Å². The van der Waals surface area contributed by atoms with Crippen LogP contribution in [0.1, 0.15) is 43.7 Å². The zero-order valence-corrected chi connectivity index (χ0v) is 19.8. The number of ether oxygens (including phenoxy) is 1. The second kappa shape index (κ2) is 8.83. The molecule has 6 heteroatoms. The number of benzene rings is 2. The van der Waals surface area contributed by atoms with Gasteiger partial charge in [0.2, 0.25) is 5.91 Å². The molecule has 5 nitrogen and oxygen atoms in total. The number of carbonyl (C=O) groups excluding carboxylic acids is 1. The molecule has 2 aromatic carbocycles. The van der Waals surface area contributed by atoms with E-state index in [1.807, 2.05) is 6.20 Å². The van der Waals surface area contributed by atoms with Crippen molar-refractivity contribution in [3.8, 4) is 11.4 Å². The lowest BCUT2D eigenvalue weighted by Gasteiger charge is -2.40.